The third-order valence-electron chi connectivity index (χ3n) is 11.1. The zero-order valence-electron chi connectivity index (χ0n) is 30.2. The van der Waals surface area contributed by atoms with Gasteiger partial charge in [-0.25, -0.2) is 9.37 Å². The molecule has 1 amide bonds. The number of nitrogens with zero attached hydrogens (tertiary/aromatic N) is 3. The van der Waals surface area contributed by atoms with Crippen molar-refractivity contribution in [2.24, 2.45) is 7.05 Å². The number of amides is 1. The lowest BCUT2D eigenvalue weighted by molar-refractivity contribution is 0.101. The number of hydrogen-bond donors (Lipinski definition) is 4. The Labute approximate surface area is 319 Å². The van der Waals surface area contributed by atoms with Gasteiger partial charge < -0.3 is 34.9 Å². The van der Waals surface area contributed by atoms with Gasteiger partial charge in [-0.3, -0.25) is 9.69 Å². The highest BCUT2D eigenvalue weighted by atomic mass is 35.5. The van der Waals surface area contributed by atoms with Gasteiger partial charge in [-0.05, 0) is 68.2 Å². The Hall–Kier alpha value is -3.71. The molecule has 0 bridgehead atoms. The average Bonchev–Trinajstić information content (AvgIpc) is 3.74. The standard InChI is InChI=1S/C40H46Cl2FN5O5/c1-22(21-49)48-17-16-32-31(20-48)45-39(47(32)2)40(51)46-30-9-5-8-28(36(30)41)25-6-4-7-27-26(25)14-15-33(27)53-35-18-34(52-3)29(38(43)37(35)42)19-44-23-10-12-24(50)13-11-23/h4-9,18,22-24,33,44,49-50H,10-17,19-21H2,1-3H3,(H,46,51). The summed E-state index contributed by atoms with van der Waals surface area (Å²) in [5, 5.41) is 26.1. The lowest BCUT2D eigenvalue weighted by atomic mass is 9.93. The molecule has 2 atom stereocenters. The maximum Gasteiger partial charge on any atom is 0.291 e. The average molecular weight is 767 g/mol. The van der Waals surface area contributed by atoms with E-state index >= 15 is 4.39 Å². The van der Waals surface area contributed by atoms with Crippen LogP contribution >= 0.6 is 23.2 Å². The number of aliphatic hydroxyl groups is 2. The lowest BCUT2D eigenvalue weighted by Crippen LogP contribution is -2.39. The summed E-state index contributed by atoms with van der Waals surface area (Å²) in [7, 11) is 3.35. The van der Waals surface area contributed by atoms with E-state index in [1.165, 1.54) is 7.11 Å². The van der Waals surface area contributed by atoms with E-state index in [4.69, 9.17) is 37.7 Å². The fourth-order valence-electron chi connectivity index (χ4n) is 7.98. The van der Waals surface area contributed by atoms with Crippen LogP contribution in [0.5, 0.6) is 11.5 Å². The Bertz CT molecular complexity index is 2000. The molecule has 13 heteroatoms. The number of aliphatic hydroxyl groups excluding tert-OH is 2. The van der Waals surface area contributed by atoms with E-state index < -0.39 is 5.82 Å². The number of fused-ring (bicyclic) bond motifs is 2. The molecular formula is C40H46Cl2FN5O5. The molecule has 0 saturated heterocycles. The molecule has 2 heterocycles. The maximum atomic E-state index is 15.8. The maximum absolute atomic E-state index is 15.8. The summed E-state index contributed by atoms with van der Waals surface area (Å²) in [6.45, 7) is 3.64. The molecule has 53 heavy (non-hydrogen) atoms. The quantitative estimate of drug-likeness (QED) is 0.129. The van der Waals surface area contributed by atoms with Crippen LogP contribution in [0.3, 0.4) is 0 Å². The van der Waals surface area contributed by atoms with Crippen LogP contribution in [0.1, 0.15) is 83.8 Å². The Morgan fingerprint density at radius 3 is 2.57 bits per heavy atom. The summed E-state index contributed by atoms with van der Waals surface area (Å²) in [6, 6.07) is 13.4. The first-order valence-corrected chi connectivity index (χ1v) is 19.1. The van der Waals surface area contributed by atoms with Crippen LogP contribution in [-0.2, 0) is 33.0 Å². The molecule has 2 unspecified atom stereocenters. The molecule has 1 aliphatic heterocycles. The van der Waals surface area contributed by atoms with Crippen LogP contribution in [-0.4, -0.2) is 69.0 Å². The largest absolute Gasteiger partial charge is 0.496 e. The van der Waals surface area contributed by atoms with Gasteiger partial charge in [0.1, 0.15) is 22.6 Å². The van der Waals surface area contributed by atoms with Crippen LogP contribution in [0.25, 0.3) is 11.1 Å². The Morgan fingerprint density at radius 2 is 1.81 bits per heavy atom. The van der Waals surface area contributed by atoms with Crippen molar-refractivity contribution in [3.8, 4) is 22.6 Å². The Morgan fingerprint density at radius 1 is 1.06 bits per heavy atom. The van der Waals surface area contributed by atoms with Crippen LogP contribution in [0.15, 0.2) is 42.5 Å². The monoisotopic (exact) mass is 765 g/mol. The first-order chi connectivity index (χ1) is 25.6. The number of anilines is 1. The molecule has 3 aromatic carbocycles. The molecule has 0 spiro atoms. The topological polar surface area (TPSA) is 121 Å². The van der Waals surface area contributed by atoms with Gasteiger partial charge in [-0.2, -0.15) is 0 Å². The number of carbonyl (C=O) groups is 1. The number of benzene rings is 3. The van der Waals surface area contributed by atoms with E-state index in [0.29, 0.717) is 47.2 Å². The summed E-state index contributed by atoms with van der Waals surface area (Å²) < 4.78 is 29.6. The van der Waals surface area contributed by atoms with Crippen LogP contribution < -0.4 is 20.1 Å². The number of ether oxygens (including phenoxy) is 2. The van der Waals surface area contributed by atoms with E-state index in [-0.39, 0.29) is 54.1 Å². The van der Waals surface area contributed by atoms with Crippen molar-refractivity contribution in [1.82, 2.24) is 19.8 Å². The number of carbonyl (C=O) groups excluding carboxylic acids is 1. The number of aromatic nitrogens is 2. The highest BCUT2D eigenvalue weighted by Crippen LogP contribution is 2.45. The molecule has 0 radical (unpaired) electrons. The fourth-order valence-corrected chi connectivity index (χ4v) is 8.47. The minimum Gasteiger partial charge on any atom is -0.496 e. The highest BCUT2D eigenvalue weighted by molar-refractivity contribution is 6.36. The van der Waals surface area contributed by atoms with Crippen molar-refractivity contribution in [3.63, 3.8) is 0 Å². The molecule has 282 valence electrons. The zero-order valence-corrected chi connectivity index (χ0v) is 31.7. The fraction of sp³-hybridized carbons (Fsp3) is 0.450. The Balaban J connectivity index is 1.08. The van der Waals surface area contributed by atoms with Crippen LogP contribution in [0.2, 0.25) is 10.0 Å². The third-order valence-corrected chi connectivity index (χ3v) is 11.9. The summed E-state index contributed by atoms with van der Waals surface area (Å²) in [5.41, 5.74) is 6.37. The van der Waals surface area contributed by atoms with Crippen molar-refractivity contribution in [2.75, 3.05) is 25.6 Å². The first-order valence-electron chi connectivity index (χ1n) is 18.3. The van der Waals surface area contributed by atoms with Gasteiger partial charge in [0.25, 0.3) is 5.91 Å². The van der Waals surface area contributed by atoms with Gasteiger partial charge in [-0.1, -0.05) is 53.5 Å². The smallest absolute Gasteiger partial charge is 0.291 e. The summed E-state index contributed by atoms with van der Waals surface area (Å²) in [5.74, 6) is -0.0675. The van der Waals surface area contributed by atoms with Gasteiger partial charge in [0.2, 0.25) is 0 Å². The number of hydrogen-bond acceptors (Lipinski definition) is 8. The van der Waals surface area contributed by atoms with E-state index in [0.717, 1.165) is 72.3 Å². The normalized spacial score (nSPS) is 20.5. The van der Waals surface area contributed by atoms with E-state index in [1.807, 2.05) is 48.9 Å². The second-order valence-corrected chi connectivity index (χ2v) is 15.1. The second-order valence-electron chi connectivity index (χ2n) is 14.3. The van der Waals surface area contributed by atoms with Crippen LogP contribution in [0.4, 0.5) is 10.1 Å². The lowest BCUT2D eigenvalue weighted by Gasteiger charge is -2.30. The number of nitrogens with one attached hydrogen (secondary N) is 2. The molecule has 1 saturated carbocycles. The molecule has 2 aliphatic carbocycles. The molecular weight excluding hydrogens is 720 g/mol. The first kappa shape index (κ1) is 37.6. The van der Waals surface area contributed by atoms with Gasteiger partial charge in [0.05, 0.1) is 36.2 Å². The minimum absolute atomic E-state index is 0.0117. The number of halogens is 3. The number of imidazole rings is 1. The Kier molecular flexibility index (Phi) is 11.3. The number of methoxy groups -OCH3 is 1. The molecule has 3 aliphatic rings. The van der Waals surface area contributed by atoms with Crippen LogP contribution in [0, 0.1) is 5.82 Å². The van der Waals surface area contributed by atoms with E-state index in [2.05, 4.69) is 15.5 Å². The highest BCUT2D eigenvalue weighted by Gasteiger charge is 2.31. The van der Waals surface area contributed by atoms with Crippen molar-refractivity contribution in [1.29, 1.82) is 0 Å². The second kappa shape index (κ2) is 15.9. The summed E-state index contributed by atoms with van der Waals surface area (Å²) in [6.07, 6.45) is 4.54. The van der Waals surface area contributed by atoms with Crippen molar-refractivity contribution < 1.29 is 28.9 Å². The molecule has 4 N–H and O–H groups in total. The summed E-state index contributed by atoms with van der Waals surface area (Å²) in [4.78, 5) is 20.4. The van der Waals surface area contributed by atoms with Gasteiger partial charge in [-0.15, -0.1) is 0 Å². The van der Waals surface area contributed by atoms with Crippen molar-refractivity contribution in [2.45, 2.75) is 89.3 Å². The van der Waals surface area contributed by atoms with Gasteiger partial charge in [0, 0.05) is 68.1 Å². The summed E-state index contributed by atoms with van der Waals surface area (Å²) >= 11 is 13.6. The molecule has 1 aromatic heterocycles. The van der Waals surface area contributed by atoms with Crippen molar-refractivity contribution >= 4 is 34.8 Å². The SMILES string of the molecule is COc1cc(OC2CCc3c(-c4cccc(NC(=O)c5nc6c(n5C)CCN(C(C)CO)C6)c4Cl)cccc32)c(Cl)c(F)c1CNC1CCC(O)CC1. The molecule has 10 nitrogen and oxygen atoms in total. The zero-order chi connectivity index (χ0) is 37.4. The minimum atomic E-state index is -0.578. The molecule has 1 fully saturated rings. The van der Waals surface area contributed by atoms with Crippen molar-refractivity contribution in [3.05, 3.63) is 92.2 Å². The predicted octanol–water partition coefficient (Wildman–Crippen LogP) is 6.99. The predicted molar refractivity (Wildman–Crippen MR) is 203 cm³/mol. The number of rotatable bonds is 11. The van der Waals surface area contributed by atoms with Gasteiger partial charge in [0.15, 0.2) is 11.6 Å². The van der Waals surface area contributed by atoms with E-state index in [1.54, 1.807) is 12.1 Å². The molecule has 4 aromatic rings. The molecule has 7 rings (SSSR count). The van der Waals surface area contributed by atoms with Gasteiger partial charge >= 0.3 is 0 Å². The third kappa shape index (κ3) is 7.52. The van der Waals surface area contributed by atoms with E-state index in [9.17, 15) is 15.0 Å².